The zero-order chi connectivity index (χ0) is 11.8. The maximum absolute atomic E-state index is 11.0. The molecule has 0 radical (unpaired) electrons. The number of aryl methyl sites for hydroxylation is 1. The molecule has 1 aromatic carbocycles. The van der Waals surface area contributed by atoms with Crippen molar-refractivity contribution in [3.8, 4) is 0 Å². The Labute approximate surface area is 96.2 Å². The van der Waals surface area contributed by atoms with Gasteiger partial charge in [-0.25, -0.2) is 0 Å². The van der Waals surface area contributed by atoms with Gasteiger partial charge in [0.05, 0.1) is 6.26 Å². The fourth-order valence-electron chi connectivity index (χ4n) is 1.41. The summed E-state index contributed by atoms with van der Waals surface area (Å²) in [7, 11) is 0. The van der Waals surface area contributed by atoms with E-state index in [0.717, 1.165) is 18.4 Å². The first kappa shape index (κ1) is 12.2. The minimum absolute atomic E-state index is 0.224. The lowest BCUT2D eigenvalue weighted by atomic mass is 10.1. The maximum atomic E-state index is 11.0. The molecular formula is C14H16O2. The summed E-state index contributed by atoms with van der Waals surface area (Å²) in [5.41, 5.74) is 2.33. The summed E-state index contributed by atoms with van der Waals surface area (Å²) in [6.07, 6.45) is 5.07. The average molecular weight is 216 g/mol. The summed E-state index contributed by atoms with van der Waals surface area (Å²) in [5, 5.41) is 0. The first-order valence-corrected chi connectivity index (χ1v) is 5.28. The zero-order valence-electron chi connectivity index (χ0n) is 9.32. The van der Waals surface area contributed by atoms with Crippen LogP contribution in [0.25, 0.3) is 6.08 Å². The van der Waals surface area contributed by atoms with E-state index in [-0.39, 0.29) is 5.97 Å². The second-order valence-electron chi connectivity index (χ2n) is 3.46. The molecule has 0 aliphatic rings. The van der Waals surface area contributed by atoms with Gasteiger partial charge in [0.2, 0.25) is 0 Å². The van der Waals surface area contributed by atoms with Gasteiger partial charge in [0.15, 0.2) is 0 Å². The van der Waals surface area contributed by atoms with E-state index in [2.05, 4.69) is 30.0 Å². The molecule has 2 nitrogen and oxygen atoms in total. The monoisotopic (exact) mass is 216 g/mol. The summed E-state index contributed by atoms with van der Waals surface area (Å²) in [4.78, 5) is 11.0. The maximum Gasteiger partial charge on any atom is 0.310 e. The van der Waals surface area contributed by atoms with Crippen molar-refractivity contribution in [1.82, 2.24) is 0 Å². The van der Waals surface area contributed by atoms with E-state index in [0.29, 0.717) is 6.42 Å². The molecular weight excluding hydrogens is 200 g/mol. The standard InChI is InChI=1S/C14H16O2/c1-3-12-8-10-13(11-9-12)6-5-7-14(15)16-4-2/h3-4,8-11H,1-2,5-7H2. The number of esters is 1. The number of hydrogen-bond donors (Lipinski definition) is 0. The van der Waals surface area contributed by atoms with Crippen LogP contribution >= 0.6 is 0 Å². The van der Waals surface area contributed by atoms with Crippen molar-refractivity contribution < 1.29 is 9.53 Å². The molecule has 0 fully saturated rings. The van der Waals surface area contributed by atoms with Crippen LogP contribution in [0.3, 0.4) is 0 Å². The quantitative estimate of drug-likeness (QED) is 0.538. The van der Waals surface area contributed by atoms with Crippen LogP contribution in [0, 0.1) is 0 Å². The molecule has 1 aromatic rings. The molecule has 0 aromatic heterocycles. The number of rotatable bonds is 6. The van der Waals surface area contributed by atoms with Gasteiger partial charge in [-0.1, -0.05) is 43.5 Å². The number of carbonyl (C=O) groups is 1. The topological polar surface area (TPSA) is 26.3 Å². The van der Waals surface area contributed by atoms with Crippen molar-refractivity contribution in [3.05, 3.63) is 54.8 Å². The number of hydrogen-bond acceptors (Lipinski definition) is 2. The van der Waals surface area contributed by atoms with Gasteiger partial charge in [-0.15, -0.1) is 0 Å². The van der Waals surface area contributed by atoms with Gasteiger partial charge < -0.3 is 4.74 Å². The van der Waals surface area contributed by atoms with Gasteiger partial charge >= 0.3 is 5.97 Å². The lowest BCUT2D eigenvalue weighted by molar-refractivity contribution is -0.138. The predicted molar refractivity (Wildman–Crippen MR) is 65.8 cm³/mol. The van der Waals surface area contributed by atoms with Crippen LogP contribution in [0.5, 0.6) is 0 Å². The Balaban J connectivity index is 2.34. The Bertz CT molecular complexity index is 363. The van der Waals surface area contributed by atoms with Crippen LogP contribution in [0.1, 0.15) is 24.0 Å². The molecule has 0 aliphatic carbocycles. The SMILES string of the molecule is C=COC(=O)CCCc1ccc(C=C)cc1. The first-order valence-electron chi connectivity index (χ1n) is 5.28. The third-order valence-corrected chi connectivity index (χ3v) is 2.28. The molecule has 0 bridgehead atoms. The first-order chi connectivity index (χ1) is 7.76. The minimum Gasteiger partial charge on any atom is -0.435 e. The van der Waals surface area contributed by atoms with Gasteiger partial charge in [-0.2, -0.15) is 0 Å². The molecule has 0 aliphatic heterocycles. The van der Waals surface area contributed by atoms with Crippen molar-refractivity contribution in [1.29, 1.82) is 0 Å². The van der Waals surface area contributed by atoms with Gasteiger partial charge in [-0.05, 0) is 24.0 Å². The highest BCUT2D eigenvalue weighted by Gasteiger charge is 2.00. The highest BCUT2D eigenvalue weighted by atomic mass is 16.5. The third-order valence-electron chi connectivity index (χ3n) is 2.28. The van der Waals surface area contributed by atoms with Crippen molar-refractivity contribution >= 4 is 12.0 Å². The van der Waals surface area contributed by atoms with Crippen LogP contribution in [-0.2, 0) is 16.0 Å². The van der Waals surface area contributed by atoms with Crippen LogP contribution < -0.4 is 0 Å². The molecule has 0 amide bonds. The van der Waals surface area contributed by atoms with Crippen LogP contribution in [0.4, 0.5) is 0 Å². The van der Waals surface area contributed by atoms with E-state index in [1.807, 2.05) is 18.2 Å². The van der Waals surface area contributed by atoms with Crippen LogP contribution in [0.15, 0.2) is 43.7 Å². The van der Waals surface area contributed by atoms with E-state index in [1.165, 1.54) is 11.8 Å². The molecule has 0 saturated carbocycles. The van der Waals surface area contributed by atoms with E-state index < -0.39 is 0 Å². The Kier molecular flexibility index (Phi) is 5.06. The number of carbonyl (C=O) groups excluding carboxylic acids is 1. The lowest BCUT2D eigenvalue weighted by Gasteiger charge is -2.01. The van der Waals surface area contributed by atoms with E-state index in [9.17, 15) is 4.79 Å². The minimum atomic E-state index is -0.224. The van der Waals surface area contributed by atoms with Crippen LogP contribution in [0.2, 0.25) is 0 Å². The van der Waals surface area contributed by atoms with Crippen molar-refractivity contribution in [2.75, 3.05) is 0 Å². The number of ether oxygens (including phenoxy) is 1. The van der Waals surface area contributed by atoms with E-state index in [4.69, 9.17) is 0 Å². The highest BCUT2D eigenvalue weighted by molar-refractivity contribution is 5.69. The molecule has 1 rings (SSSR count). The Morgan fingerprint density at radius 3 is 2.50 bits per heavy atom. The van der Waals surface area contributed by atoms with E-state index in [1.54, 1.807) is 0 Å². The summed E-state index contributed by atoms with van der Waals surface area (Å²) in [6, 6.07) is 8.14. The number of benzene rings is 1. The molecule has 0 N–H and O–H groups in total. The van der Waals surface area contributed by atoms with Crippen LogP contribution in [-0.4, -0.2) is 5.97 Å². The summed E-state index contributed by atoms with van der Waals surface area (Å²) in [5.74, 6) is -0.224. The van der Waals surface area contributed by atoms with Gasteiger partial charge in [-0.3, -0.25) is 4.79 Å². The van der Waals surface area contributed by atoms with Crippen molar-refractivity contribution in [2.45, 2.75) is 19.3 Å². The molecule has 16 heavy (non-hydrogen) atoms. The molecule has 0 saturated heterocycles. The molecule has 0 unspecified atom stereocenters. The summed E-state index contributed by atoms with van der Waals surface area (Å²) < 4.78 is 4.63. The molecule has 2 heteroatoms. The Hall–Kier alpha value is -1.83. The molecule has 0 atom stereocenters. The molecule has 0 spiro atoms. The van der Waals surface area contributed by atoms with Crippen molar-refractivity contribution in [2.24, 2.45) is 0 Å². The molecule has 0 heterocycles. The molecule has 84 valence electrons. The van der Waals surface area contributed by atoms with Gasteiger partial charge in [0.1, 0.15) is 0 Å². The summed E-state index contributed by atoms with van der Waals surface area (Å²) in [6.45, 7) is 7.03. The van der Waals surface area contributed by atoms with E-state index >= 15 is 0 Å². The smallest absolute Gasteiger partial charge is 0.310 e. The second-order valence-corrected chi connectivity index (χ2v) is 3.46. The van der Waals surface area contributed by atoms with Gasteiger partial charge in [0, 0.05) is 6.42 Å². The highest BCUT2D eigenvalue weighted by Crippen LogP contribution is 2.09. The Morgan fingerprint density at radius 2 is 1.94 bits per heavy atom. The zero-order valence-corrected chi connectivity index (χ0v) is 9.32. The third kappa shape index (κ3) is 4.13. The Morgan fingerprint density at radius 1 is 1.25 bits per heavy atom. The summed E-state index contributed by atoms with van der Waals surface area (Å²) >= 11 is 0. The normalized spacial score (nSPS) is 9.50. The second kappa shape index (κ2) is 6.62. The lowest BCUT2D eigenvalue weighted by Crippen LogP contribution is -1.99. The predicted octanol–water partition coefficient (Wildman–Crippen LogP) is 3.34. The van der Waals surface area contributed by atoms with Gasteiger partial charge in [0.25, 0.3) is 0 Å². The van der Waals surface area contributed by atoms with Crippen molar-refractivity contribution in [3.63, 3.8) is 0 Å². The fourth-order valence-corrected chi connectivity index (χ4v) is 1.41. The fraction of sp³-hybridized carbons (Fsp3) is 0.214. The average Bonchev–Trinajstić information content (AvgIpc) is 2.30. The largest absolute Gasteiger partial charge is 0.435 e.